The summed E-state index contributed by atoms with van der Waals surface area (Å²) in [5, 5.41) is 0. The number of ether oxygens (including phenoxy) is 1. The van der Waals surface area contributed by atoms with Gasteiger partial charge in [-0.15, -0.1) is 0 Å². The summed E-state index contributed by atoms with van der Waals surface area (Å²) in [6.07, 6.45) is 9.02. The number of nitrogens with zero attached hydrogens (tertiary/aromatic N) is 1. The van der Waals surface area contributed by atoms with Gasteiger partial charge in [0.05, 0.1) is 12.1 Å². The third-order valence-electron chi connectivity index (χ3n) is 6.41. The van der Waals surface area contributed by atoms with E-state index in [1.54, 1.807) is 12.2 Å². The molecule has 0 aromatic rings. The molecule has 3 unspecified atom stereocenters. The second-order valence-electron chi connectivity index (χ2n) is 8.12. The molecule has 0 aromatic carbocycles. The van der Waals surface area contributed by atoms with Gasteiger partial charge in [0.25, 0.3) is 0 Å². The largest absolute Gasteiger partial charge is 0.369 e. The van der Waals surface area contributed by atoms with E-state index in [1.807, 2.05) is 6.08 Å². The zero-order valence-corrected chi connectivity index (χ0v) is 15.5. The van der Waals surface area contributed by atoms with Gasteiger partial charge in [0.2, 0.25) is 5.91 Å². The van der Waals surface area contributed by atoms with Crippen LogP contribution in [0.5, 0.6) is 0 Å². The molecule has 4 rings (SSSR count). The minimum absolute atomic E-state index is 0.0214. The first kappa shape index (κ1) is 18.3. The molecule has 0 bridgehead atoms. The fourth-order valence-corrected chi connectivity index (χ4v) is 4.68. The second-order valence-corrected chi connectivity index (χ2v) is 8.12. The van der Waals surface area contributed by atoms with Crippen LogP contribution in [0.3, 0.4) is 0 Å². The number of amides is 1. The lowest BCUT2D eigenvalue weighted by atomic mass is 9.70. The SMILES string of the molecule is C=CC1=C(CCN2CCC3OCC(=O)C32)C(=O)C(CC2CC2)(C(N)=O)C=C1. The molecular weight excluding hydrogens is 344 g/mol. The minimum Gasteiger partial charge on any atom is -0.369 e. The molecule has 2 saturated heterocycles. The van der Waals surface area contributed by atoms with E-state index in [0.29, 0.717) is 30.9 Å². The van der Waals surface area contributed by atoms with Crippen LogP contribution in [0.1, 0.15) is 32.1 Å². The number of carbonyl (C=O) groups is 3. The average Bonchev–Trinajstić information content (AvgIpc) is 3.24. The van der Waals surface area contributed by atoms with Gasteiger partial charge >= 0.3 is 0 Å². The Morgan fingerprint density at radius 2 is 2.15 bits per heavy atom. The first-order chi connectivity index (χ1) is 13.0. The molecule has 0 radical (unpaired) electrons. The van der Waals surface area contributed by atoms with Gasteiger partial charge in [0, 0.05) is 18.7 Å². The monoisotopic (exact) mass is 370 g/mol. The van der Waals surface area contributed by atoms with Gasteiger partial charge in [-0.3, -0.25) is 19.3 Å². The van der Waals surface area contributed by atoms with Crippen LogP contribution in [-0.2, 0) is 19.1 Å². The Labute approximate surface area is 159 Å². The van der Waals surface area contributed by atoms with Crippen LogP contribution in [0.25, 0.3) is 0 Å². The fraction of sp³-hybridized carbons (Fsp3) is 0.571. The van der Waals surface area contributed by atoms with Crippen LogP contribution < -0.4 is 5.73 Å². The second kappa shape index (κ2) is 6.84. The van der Waals surface area contributed by atoms with Crippen molar-refractivity contribution in [1.82, 2.24) is 4.90 Å². The first-order valence-corrected chi connectivity index (χ1v) is 9.74. The fourth-order valence-electron chi connectivity index (χ4n) is 4.68. The molecule has 4 aliphatic rings. The molecule has 0 spiro atoms. The third kappa shape index (κ3) is 3.11. The summed E-state index contributed by atoms with van der Waals surface area (Å²) in [7, 11) is 0. The maximum atomic E-state index is 13.4. The highest BCUT2D eigenvalue weighted by atomic mass is 16.5. The van der Waals surface area contributed by atoms with Gasteiger partial charge in [0.1, 0.15) is 12.0 Å². The van der Waals surface area contributed by atoms with Crippen molar-refractivity contribution < 1.29 is 19.1 Å². The van der Waals surface area contributed by atoms with E-state index in [4.69, 9.17) is 10.5 Å². The number of primary amides is 1. The molecule has 6 nitrogen and oxygen atoms in total. The van der Waals surface area contributed by atoms with E-state index >= 15 is 0 Å². The van der Waals surface area contributed by atoms with Crippen molar-refractivity contribution in [2.24, 2.45) is 17.1 Å². The van der Waals surface area contributed by atoms with E-state index in [-0.39, 0.29) is 30.3 Å². The first-order valence-electron chi connectivity index (χ1n) is 9.74. The van der Waals surface area contributed by atoms with E-state index in [1.165, 1.54) is 0 Å². The zero-order valence-electron chi connectivity index (χ0n) is 15.5. The number of rotatable bonds is 7. The minimum atomic E-state index is -1.23. The van der Waals surface area contributed by atoms with Crippen LogP contribution in [0.15, 0.2) is 36.0 Å². The van der Waals surface area contributed by atoms with Crippen molar-refractivity contribution >= 4 is 17.5 Å². The quantitative estimate of drug-likeness (QED) is 0.683. The molecule has 3 fully saturated rings. The Balaban J connectivity index is 1.54. The lowest BCUT2D eigenvalue weighted by Crippen LogP contribution is -2.46. The van der Waals surface area contributed by atoms with Crippen LogP contribution in [0.4, 0.5) is 0 Å². The number of hydrogen-bond acceptors (Lipinski definition) is 5. The summed E-state index contributed by atoms with van der Waals surface area (Å²) in [4.78, 5) is 39.8. The van der Waals surface area contributed by atoms with Gasteiger partial charge in [-0.2, -0.15) is 0 Å². The summed E-state index contributed by atoms with van der Waals surface area (Å²) >= 11 is 0. The summed E-state index contributed by atoms with van der Waals surface area (Å²) < 4.78 is 5.53. The summed E-state index contributed by atoms with van der Waals surface area (Å²) in [5.41, 5.74) is 5.81. The topological polar surface area (TPSA) is 89.7 Å². The van der Waals surface area contributed by atoms with Crippen molar-refractivity contribution in [3.05, 3.63) is 36.0 Å². The maximum Gasteiger partial charge on any atom is 0.235 e. The van der Waals surface area contributed by atoms with Crippen LogP contribution in [0.2, 0.25) is 0 Å². The molecular formula is C21H26N2O4. The van der Waals surface area contributed by atoms with E-state index < -0.39 is 11.3 Å². The van der Waals surface area contributed by atoms with Crippen LogP contribution in [-0.4, -0.2) is 54.2 Å². The molecule has 2 heterocycles. The van der Waals surface area contributed by atoms with Crippen LogP contribution in [0, 0.1) is 11.3 Å². The molecule has 2 aliphatic carbocycles. The molecule has 27 heavy (non-hydrogen) atoms. The van der Waals surface area contributed by atoms with Crippen molar-refractivity contribution in [2.75, 3.05) is 19.7 Å². The highest BCUT2D eigenvalue weighted by molar-refractivity contribution is 6.16. The maximum absolute atomic E-state index is 13.4. The standard InChI is InChI=1S/C21H26N2O4/c1-2-14-5-8-21(20(22)26,11-13-3-4-13)19(25)15(14)6-9-23-10-7-17-18(23)16(24)12-27-17/h2,5,8,13,17-18H,1,3-4,6-7,9-12H2,(H2,22,26). The molecule has 2 N–H and O–H groups in total. The lowest BCUT2D eigenvalue weighted by molar-refractivity contribution is -0.135. The Morgan fingerprint density at radius 1 is 1.37 bits per heavy atom. The zero-order chi connectivity index (χ0) is 19.2. The molecule has 1 amide bonds. The number of nitrogens with two attached hydrogens (primary N) is 1. The average molecular weight is 370 g/mol. The molecule has 0 aromatic heterocycles. The number of carbonyl (C=O) groups excluding carboxylic acids is 3. The number of ketones is 2. The molecule has 2 aliphatic heterocycles. The number of fused-ring (bicyclic) bond motifs is 1. The third-order valence-corrected chi connectivity index (χ3v) is 6.41. The highest BCUT2D eigenvalue weighted by Crippen LogP contribution is 2.45. The predicted octanol–water partition coefficient (Wildman–Crippen LogP) is 1.31. The Kier molecular flexibility index (Phi) is 4.64. The molecule has 144 valence electrons. The van der Waals surface area contributed by atoms with Crippen molar-refractivity contribution in [1.29, 1.82) is 0 Å². The van der Waals surface area contributed by atoms with Gasteiger partial charge in [-0.05, 0) is 30.8 Å². The Morgan fingerprint density at radius 3 is 2.81 bits per heavy atom. The predicted molar refractivity (Wildman–Crippen MR) is 99.7 cm³/mol. The van der Waals surface area contributed by atoms with Gasteiger partial charge in [0.15, 0.2) is 11.6 Å². The van der Waals surface area contributed by atoms with Gasteiger partial charge in [-0.25, -0.2) is 0 Å². The number of hydrogen-bond donors (Lipinski definition) is 1. The van der Waals surface area contributed by atoms with Gasteiger partial charge in [-0.1, -0.05) is 37.6 Å². The Bertz CT molecular complexity index is 764. The lowest BCUT2D eigenvalue weighted by Gasteiger charge is -2.32. The smallest absolute Gasteiger partial charge is 0.235 e. The summed E-state index contributed by atoms with van der Waals surface area (Å²) in [6, 6.07) is -0.195. The van der Waals surface area contributed by atoms with Crippen LogP contribution >= 0.6 is 0 Å². The van der Waals surface area contributed by atoms with E-state index in [9.17, 15) is 14.4 Å². The number of allylic oxidation sites excluding steroid dienone is 3. The molecule has 1 saturated carbocycles. The number of Topliss-reactive ketones (excluding diaryl/α,β-unsaturated/α-hetero) is 2. The van der Waals surface area contributed by atoms with E-state index in [0.717, 1.165) is 31.4 Å². The summed E-state index contributed by atoms with van der Waals surface area (Å²) in [5.74, 6) is -0.253. The van der Waals surface area contributed by atoms with Gasteiger partial charge < -0.3 is 10.5 Å². The van der Waals surface area contributed by atoms with Crippen molar-refractivity contribution in [3.63, 3.8) is 0 Å². The van der Waals surface area contributed by atoms with Crippen molar-refractivity contribution in [3.8, 4) is 0 Å². The number of likely N-dealkylation sites (tertiary alicyclic amines) is 1. The Hall–Kier alpha value is -2.05. The van der Waals surface area contributed by atoms with E-state index in [2.05, 4.69) is 11.5 Å². The van der Waals surface area contributed by atoms with Crippen molar-refractivity contribution in [2.45, 2.75) is 44.2 Å². The molecule has 3 atom stereocenters. The highest BCUT2D eigenvalue weighted by Gasteiger charge is 2.49. The normalized spacial score (nSPS) is 33.6. The summed E-state index contributed by atoms with van der Waals surface area (Å²) in [6.45, 7) is 5.36. The molecule has 6 heteroatoms.